The van der Waals surface area contributed by atoms with E-state index in [0.29, 0.717) is 27.9 Å². The Morgan fingerprint density at radius 2 is 1.82 bits per heavy atom. The third-order valence-corrected chi connectivity index (χ3v) is 7.57. The number of sulfonamides is 1. The molecule has 1 aliphatic rings. The Morgan fingerprint density at radius 1 is 1.09 bits per heavy atom. The molecule has 3 aromatic carbocycles. The summed E-state index contributed by atoms with van der Waals surface area (Å²) in [6.07, 6.45) is -1.06. The number of aryl methyl sites for hydroxylation is 2. The fourth-order valence-corrected chi connectivity index (χ4v) is 5.15. The number of anilines is 2. The van der Waals surface area contributed by atoms with Gasteiger partial charge in [-0.15, -0.1) is 0 Å². The van der Waals surface area contributed by atoms with Gasteiger partial charge in [-0.2, -0.15) is 0 Å². The number of nitrogens with zero attached hydrogens (tertiary/aromatic N) is 1. The molecule has 7 nitrogen and oxygen atoms in total. The monoisotopic (exact) mass is 486 g/mol. The molecule has 9 heteroatoms. The average molecular weight is 487 g/mol. The van der Waals surface area contributed by atoms with Crippen molar-refractivity contribution in [2.45, 2.75) is 24.8 Å². The molecular formula is C24H23ClN2O5S. The maximum Gasteiger partial charge on any atom is 0.267 e. The van der Waals surface area contributed by atoms with Crippen molar-refractivity contribution in [3.8, 4) is 11.5 Å². The first-order valence-corrected chi connectivity index (χ1v) is 12.0. The van der Waals surface area contributed by atoms with Crippen LogP contribution < -0.4 is 19.1 Å². The lowest BCUT2D eigenvalue weighted by Gasteiger charge is -2.35. The smallest absolute Gasteiger partial charge is 0.267 e. The van der Waals surface area contributed by atoms with E-state index in [1.165, 1.54) is 23.5 Å². The largest absolute Gasteiger partial charge is 0.497 e. The fraction of sp³-hybridized carbons (Fsp3) is 0.208. The summed E-state index contributed by atoms with van der Waals surface area (Å²) >= 11 is 6.16. The Morgan fingerprint density at radius 3 is 2.48 bits per heavy atom. The molecule has 0 radical (unpaired) electrons. The number of ether oxygens (including phenoxy) is 2. The van der Waals surface area contributed by atoms with Crippen LogP contribution in [0.1, 0.15) is 11.1 Å². The van der Waals surface area contributed by atoms with E-state index in [2.05, 4.69) is 5.32 Å². The number of hydrogen-bond acceptors (Lipinski definition) is 5. The summed E-state index contributed by atoms with van der Waals surface area (Å²) in [5, 5.41) is 3.28. The number of amides is 1. The molecule has 3 aromatic rings. The minimum atomic E-state index is -3.97. The molecule has 4 rings (SSSR count). The number of methoxy groups -OCH3 is 1. The molecule has 0 aliphatic carbocycles. The van der Waals surface area contributed by atoms with Crippen LogP contribution in [-0.2, 0) is 14.8 Å². The van der Waals surface area contributed by atoms with Crippen molar-refractivity contribution in [2.24, 2.45) is 0 Å². The number of benzene rings is 3. The van der Waals surface area contributed by atoms with Crippen molar-refractivity contribution in [2.75, 3.05) is 23.3 Å². The SMILES string of the molecule is COc1ccc(S(=O)(=O)N2C[C@H](C(=O)Nc3ccc(C)c(Cl)c3)Oc3cc(C)ccc32)cc1. The number of carbonyl (C=O) groups excluding carboxylic acids is 1. The van der Waals surface area contributed by atoms with Gasteiger partial charge in [-0.05, 0) is 73.5 Å². The number of nitrogens with one attached hydrogen (secondary N) is 1. The number of fused-ring (bicyclic) bond motifs is 1. The molecule has 0 fully saturated rings. The molecule has 0 saturated heterocycles. The quantitative estimate of drug-likeness (QED) is 0.571. The van der Waals surface area contributed by atoms with Crippen molar-refractivity contribution < 1.29 is 22.7 Å². The van der Waals surface area contributed by atoms with Gasteiger partial charge in [0.25, 0.3) is 15.9 Å². The minimum Gasteiger partial charge on any atom is -0.497 e. The van der Waals surface area contributed by atoms with E-state index in [9.17, 15) is 13.2 Å². The average Bonchev–Trinajstić information content (AvgIpc) is 2.80. The van der Waals surface area contributed by atoms with Gasteiger partial charge in [-0.1, -0.05) is 23.7 Å². The lowest BCUT2D eigenvalue weighted by Crippen LogP contribution is -2.48. The van der Waals surface area contributed by atoms with E-state index in [1.807, 2.05) is 13.8 Å². The first kappa shape index (κ1) is 22.9. The van der Waals surface area contributed by atoms with Gasteiger partial charge < -0.3 is 14.8 Å². The topological polar surface area (TPSA) is 84.9 Å². The van der Waals surface area contributed by atoms with Gasteiger partial charge in [0.1, 0.15) is 11.5 Å². The predicted molar refractivity (Wildman–Crippen MR) is 128 cm³/mol. The van der Waals surface area contributed by atoms with Gasteiger partial charge in [0.05, 0.1) is 24.2 Å². The van der Waals surface area contributed by atoms with Crippen LogP contribution in [0.2, 0.25) is 5.02 Å². The second-order valence-corrected chi connectivity index (χ2v) is 10.0. The van der Waals surface area contributed by atoms with Crippen LogP contribution in [0.4, 0.5) is 11.4 Å². The van der Waals surface area contributed by atoms with Crippen LogP contribution in [0, 0.1) is 13.8 Å². The lowest BCUT2D eigenvalue weighted by atomic mass is 10.1. The van der Waals surface area contributed by atoms with E-state index < -0.39 is 22.0 Å². The molecule has 33 heavy (non-hydrogen) atoms. The van der Waals surface area contributed by atoms with Crippen LogP contribution in [0.25, 0.3) is 0 Å². The highest BCUT2D eigenvalue weighted by molar-refractivity contribution is 7.92. The van der Waals surface area contributed by atoms with Gasteiger partial charge in [-0.3, -0.25) is 9.10 Å². The van der Waals surface area contributed by atoms with Gasteiger partial charge >= 0.3 is 0 Å². The molecule has 1 N–H and O–H groups in total. The highest BCUT2D eigenvalue weighted by atomic mass is 35.5. The zero-order valence-corrected chi connectivity index (χ0v) is 19.9. The summed E-state index contributed by atoms with van der Waals surface area (Å²) in [6, 6.07) is 16.5. The predicted octanol–water partition coefficient (Wildman–Crippen LogP) is 4.56. The Labute approximate surface area is 197 Å². The van der Waals surface area contributed by atoms with Gasteiger partial charge in [0, 0.05) is 10.7 Å². The Balaban J connectivity index is 1.68. The maximum atomic E-state index is 13.5. The molecule has 1 amide bonds. The normalized spacial score (nSPS) is 15.4. The summed E-state index contributed by atoms with van der Waals surface area (Å²) in [4.78, 5) is 13.1. The second-order valence-electron chi connectivity index (χ2n) is 7.74. The summed E-state index contributed by atoms with van der Waals surface area (Å²) in [7, 11) is -2.46. The zero-order valence-electron chi connectivity index (χ0n) is 18.3. The fourth-order valence-electron chi connectivity index (χ4n) is 3.49. The van der Waals surface area contributed by atoms with Crippen LogP contribution in [0.3, 0.4) is 0 Å². The highest BCUT2D eigenvalue weighted by Gasteiger charge is 2.37. The lowest BCUT2D eigenvalue weighted by molar-refractivity contribution is -0.122. The molecular weight excluding hydrogens is 464 g/mol. The van der Waals surface area contributed by atoms with Crippen LogP contribution in [0.5, 0.6) is 11.5 Å². The van der Waals surface area contributed by atoms with Gasteiger partial charge in [0.15, 0.2) is 6.10 Å². The van der Waals surface area contributed by atoms with E-state index in [-0.39, 0.29) is 11.4 Å². The van der Waals surface area contributed by atoms with Gasteiger partial charge in [0.2, 0.25) is 0 Å². The summed E-state index contributed by atoms with van der Waals surface area (Å²) < 4.78 is 39.3. The molecule has 1 atom stereocenters. The first-order valence-electron chi connectivity index (χ1n) is 10.2. The third kappa shape index (κ3) is 4.62. The number of hydrogen-bond donors (Lipinski definition) is 1. The summed E-state index contributed by atoms with van der Waals surface area (Å²) in [6.45, 7) is 3.54. The van der Waals surface area contributed by atoms with Crippen LogP contribution >= 0.6 is 11.6 Å². The van der Waals surface area contributed by atoms with Crippen molar-refractivity contribution in [1.82, 2.24) is 0 Å². The highest BCUT2D eigenvalue weighted by Crippen LogP contribution is 2.38. The van der Waals surface area contributed by atoms with Crippen LogP contribution in [-0.4, -0.2) is 34.1 Å². The van der Waals surface area contributed by atoms with E-state index >= 15 is 0 Å². The Bertz CT molecular complexity index is 1310. The van der Waals surface area contributed by atoms with Gasteiger partial charge in [-0.25, -0.2) is 8.42 Å². The number of halogens is 1. The molecule has 172 valence electrons. The standard InChI is InChI=1S/C24H23ClN2O5S/c1-15-4-11-21-22(12-15)32-23(24(28)26-17-6-5-16(2)20(25)13-17)14-27(21)33(29,30)19-9-7-18(31-3)8-10-19/h4-13,23H,14H2,1-3H3,(H,26,28)/t23-/m1/s1. The summed E-state index contributed by atoms with van der Waals surface area (Å²) in [5.41, 5.74) is 2.63. The maximum absolute atomic E-state index is 13.5. The molecule has 0 bridgehead atoms. The molecule has 0 spiro atoms. The van der Waals surface area contributed by atoms with E-state index in [0.717, 1.165) is 11.1 Å². The third-order valence-electron chi connectivity index (χ3n) is 5.36. The second kappa shape index (κ2) is 8.96. The number of rotatable bonds is 5. The van der Waals surface area contributed by atoms with Crippen molar-refractivity contribution in [3.05, 3.63) is 76.8 Å². The summed E-state index contributed by atoms with van der Waals surface area (Å²) in [5.74, 6) is 0.387. The van der Waals surface area contributed by atoms with Crippen molar-refractivity contribution >= 4 is 38.9 Å². The van der Waals surface area contributed by atoms with Crippen molar-refractivity contribution in [3.63, 3.8) is 0 Å². The molecule has 0 aromatic heterocycles. The molecule has 0 saturated carbocycles. The molecule has 1 heterocycles. The first-order chi connectivity index (χ1) is 15.7. The Hall–Kier alpha value is -3.23. The van der Waals surface area contributed by atoms with E-state index in [4.69, 9.17) is 21.1 Å². The molecule has 0 unspecified atom stereocenters. The number of carbonyl (C=O) groups is 1. The minimum absolute atomic E-state index is 0.0844. The molecule has 1 aliphatic heterocycles. The van der Waals surface area contributed by atoms with Crippen molar-refractivity contribution in [1.29, 1.82) is 0 Å². The van der Waals surface area contributed by atoms with E-state index in [1.54, 1.807) is 48.5 Å². The Kier molecular flexibility index (Phi) is 6.23. The van der Waals surface area contributed by atoms with Crippen LogP contribution in [0.15, 0.2) is 65.6 Å². The zero-order chi connectivity index (χ0) is 23.8.